The Balaban J connectivity index is 1.32. The van der Waals surface area contributed by atoms with Gasteiger partial charge in [-0.1, -0.05) is 18.6 Å². The van der Waals surface area contributed by atoms with Crippen LogP contribution < -0.4 is 10.2 Å². The fourth-order valence-electron chi connectivity index (χ4n) is 4.74. The van der Waals surface area contributed by atoms with Gasteiger partial charge in [0.15, 0.2) is 5.82 Å². The first-order valence-electron chi connectivity index (χ1n) is 12.0. The van der Waals surface area contributed by atoms with Gasteiger partial charge >= 0.3 is 0 Å². The second-order valence-electron chi connectivity index (χ2n) is 9.15. The van der Waals surface area contributed by atoms with Crippen molar-refractivity contribution in [3.05, 3.63) is 59.4 Å². The van der Waals surface area contributed by atoms with Crippen LogP contribution in [0.5, 0.6) is 0 Å². The molecule has 0 spiro atoms. The number of amides is 1. The monoisotopic (exact) mass is 445 g/mol. The summed E-state index contributed by atoms with van der Waals surface area (Å²) in [6.07, 6.45) is 5.86. The van der Waals surface area contributed by atoms with E-state index in [0.29, 0.717) is 5.56 Å². The van der Waals surface area contributed by atoms with Crippen molar-refractivity contribution in [1.82, 2.24) is 14.8 Å². The summed E-state index contributed by atoms with van der Waals surface area (Å²) in [6.45, 7) is 4.61. The van der Waals surface area contributed by atoms with Crippen molar-refractivity contribution in [2.45, 2.75) is 58.1 Å². The lowest BCUT2D eigenvalue weighted by atomic mass is 10.1. The van der Waals surface area contributed by atoms with Crippen LogP contribution >= 0.6 is 0 Å². The van der Waals surface area contributed by atoms with Gasteiger partial charge in [0.1, 0.15) is 5.82 Å². The van der Waals surface area contributed by atoms with Crippen LogP contribution in [0.3, 0.4) is 0 Å². The van der Waals surface area contributed by atoms with E-state index < -0.39 is 0 Å². The zero-order valence-corrected chi connectivity index (χ0v) is 19.1. The third kappa shape index (κ3) is 4.64. The van der Waals surface area contributed by atoms with Crippen LogP contribution in [0.25, 0.3) is 11.4 Å². The Bertz CT molecular complexity index is 1130. The Morgan fingerprint density at radius 3 is 2.58 bits per heavy atom. The molecule has 1 amide bonds. The topological polar surface area (TPSA) is 83.3 Å². The van der Waals surface area contributed by atoms with Gasteiger partial charge in [-0.2, -0.15) is 0 Å². The second kappa shape index (κ2) is 9.35. The second-order valence-corrected chi connectivity index (χ2v) is 9.15. The number of piperidine rings is 1. The molecule has 1 aromatic heterocycles. The predicted molar refractivity (Wildman–Crippen MR) is 130 cm³/mol. The van der Waals surface area contributed by atoms with Crippen molar-refractivity contribution in [3.8, 4) is 11.4 Å². The molecule has 0 radical (unpaired) electrons. The minimum atomic E-state index is -0.196. The number of benzene rings is 2. The van der Waals surface area contributed by atoms with Crippen molar-refractivity contribution in [1.29, 1.82) is 0 Å². The summed E-state index contributed by atoms with van der Waals surface area (Å²) < 4.78 is 2.22. The van der Waals surface area contributed by atoms with E-state index in [9.17, 15) is 9.90 Å². The van der Waals surface area contributed by atoms with Gasteiger partial charge in [0.2, 0.25) is 0 Å². The van der Waals surface area contributed by atoms with Gasteiger partial charge in [0, 0.05) is 48.6 Å². The molecule has 2 aromatic carbocycles. The third-order valence-corrected chi connectivity index (χ3v) is 6.81. The molecule has 2 aliphatic rings. The molecule has 1 fully saturated rings. The van der Waals surface area contributed by atoms with Gasteiger partial charge in [-0.3, -0.25) is 4.79 Å². The number of anilines is 2. The van der Waals surface area contributed by atoms with E-state index in [1.54, 1.807) is 0 Å². The normalized spacial score (nSPS) is 16.8. The first-order chi connectivity index (χ1) is 16.1. The molecule has 0 atom stereocenters. The molecule has 5 rings (SSSR count). The summed E-state index contributed by atoms with van der Waals surface area (Å²) in [5.74, 6) is 1.80. The van der Waals surface area contributed by atoms with Crippen LogP contribution in [0, 0.1) is 6.92 Å². The lowest BCUT2D eigenvalue weighted by Gasteiger charge is -2.31. The number of nitrogens with zero attached hydrogens (tertiary/aromatic N) is 4. The molecule has 172 valence electrons. The van der Waals surface area contributed by atoms with Crippen LogP contribution in [0.4, 0.5) is 11.4 Å². The zero-order valence-electron chi connectivity index (χ0n) is 19.1. The van der Waals surface area contributed by atoms with Crippen LogP contribution in [0.15, 0.2) is 42.5 Å². The quantitative estimate of drug-likeness (QED) is 0.629. The van der Waals surface area contributed by atoms with Crippen molar-refractivity contribution in [3.63, 3.8) is 0 Å². The maximum atomic E-state index is 13.0. The zero-order chi connectivity index (χ0) is 22.8. The first kappa shape index (κ1) is 21.6. The minimum absolute atomic E-state index is 0.129. The Morgan fingerprint density at radius 1 is 1.00 bits per heavy atom. The number of aliphatic hydroxyl groups excluding tert-OH is 1. The molecule has 0 saturated carbocycles. The molecule has 7 heteroatoms. The molecule has 0 unspecified atom stereocenters. The van der Waals surface area contributed by atoms with E-state index in [1.807, 2.05) is 43.3 Å². The lowest BCUT2D eigenvalue weighted by molar-refractivity contribution is 0.102. The summed E-state index contributed by atoms with van der Waals surface area (Å²) in [5.41, 5.74) is 4.48. The average molecular weight is 446 g/mol. The Labute approximate surface area is 194 Å². The average Bonchev–Trinajstić information content (AvgIpc) is 3.09. The van der Waals surface area contributed by atoms with Gasteiger partial charge in [-0.15, -0.1) is 10.2 Å². The first-order valence-corrected chi connectivity index (χ1v) is 12.0. The van der Waals surface area contributed by atoms with Crippen LogP contribution in [-0.2, 0) is 13.0 Å². The maximum Gasteiger partial charge on any atom is 0.255 e. The molecule has 3 heterocycles. The summed E-state index contributed by atoms with van der Waals surface area (Å²) in [4.78, 5) is 15.2. The largest absolute Gasteiger partial charge is 0.393 e. The molecule has 1 saturated heterocycles. The number of carbonyl (C=O) groups is 1. The number of carbonyl (C=O) groups excluding carboxylic acids is 1. The fourth-order valence-corrected chi connectivity index (χ4v) is 4.74. The van der Waals surface area contributed by atoms with Gasteiger partial charge in [0.25, 0.3) is 5.91 Å². The smallest absolute Gasteiger partial charge is 0.255 e. The van der Waals surface area contributed by atoms with Crippen LogP contribution in [-0.4, -0.2) is 45.0 Å². The Hall–Kier alpha value is -3.19. The van der Waals surface area contributed by atoms with Gasteiger partial charge in [-0.05, 0) is 68.5 Å². The number of hydrogen-bond acceptors (Lipinski definition) is 5. The highest BCUT2D eigenvalue weighted by Gasteiger charge is 2.19. The number of hydrogen-bond donors (Lipinski definition) is 2. The Morgan fingerprint density at radius 2 is 1.79 bits per heavy atom. The molecule has 0 bridgehead atoms. The number of aliphatic hydroxyl groups is 1. The SMILES string of the molecule is Cc1ccc(-c2nnc3n2CCCCC3)cc1NC(=O)c1ccc(N2CCC(O)CC2)cc1. The number of nitrogens with one attached hydrogen (secondary N) is 1. The molecular weight excluding hydrogens is 414 g/mol. The fraction of sp³-hybridized carbons (Fsp3) is 0.423. The number of fused-ring (bicyclic) bond motifs is 1. The van der Waals surface area contributed by atoms with E-state index >= 15 is 0 Å². The van der Waals surface area contributed by atoms with Crippen LogP contribution in [0.1, 0.15) is 53.8 Å². The number of aromatic nitrogens is 3. The van der Waals surface area contributed by atoms with E-state index in [-0.39, 0.29) is 12.0 Å². The van der Waals surface area contributed by atoms with Crippen molar-refractivity contribution >= 4 is 17.3 Å². The Kier molecular flexibility index (Phi) is 6.13. The van der Waals surface area contributed by atoms with E-state index in [0.717, 1.165) is 85.9 Å². The molecule has 7 nitrogen and oxygen atoms in total. The van der Waals surface area contributed by atoms with Crippen molar-refractivity contribution < 1.29 is 9.90 Å². The summed E-state index contributed by atoms with van der Waals surface area (Å²) in [6, 6.07) is 13.8. The summed E-state index contributed by atoms with van der Waals surface area (Å²) in [5, 5.41) is 21.7. The summed E-state index contributed by atoms with van der Waals surface area (Å²) >= 11 is 0. The van der Waals surface area contributed by atoms with E-state index in [4.69, 9.17) is 0 Å². The van der Waals surface area contributed by atoms with Crippen LogP contribution in [0.2, 0.25) is 0 Å². The van der Waals surface area contributed by atoms with Crippen molar-refractivity contribution in [2.24, 2.45) is 0 Å². The molecule has 0 aliphatic carbocycles. The van der Waals surface area contributed by atoms with Gasteiger partial charge in [-0.25, -0.2) is 0 Å². The molecule has 2 N–H and O–H groups in total. The lowest BCUT2D eigenvalue weighted by Crippen LogP contribution is -2.35. The number of aryl methyl sites for hydroxylation is 2. The van der Waals surface area contributed by atoms with Crippen molar-refractivity contribution in [2.75, 3.05) is 23.3 Å². The minimum Gasteiger partial charge on any atom is -0.393 e. The molecular formula is C26H31N5O2. The standard InChI is InChI=1S/C26H31N5O2/c1-18-6-7-20(25-29-28-24-5-3-2-4-14-31(24)25)17-23(18)27-26(33)19-8-10-21(11-9-19)30-15-12-22(32)13-16-30/h6-11,17,22,32H,2-5,12-16H2,1H3,(H,27,33). The predicted octanol–water partition coefficient (Wildman–Crippen LogP) is 4.19. The third-order valence-electron chi connectivity index (χ3n) is 6.81. The molecule has 2 aliphatic heterocycles. The summed E-state index contributed by atoms with van der Waals surface area (Å²) in [7, 11) is 0. The molecule has 33 heavy (non-hydrogen) atoms. The van der Waals surface area contributed by atoms with Gasteiger partial charge in [0.05, 0.1) is 6.10 Å². The highest BCUT2D eigenvalue weighted by molar-refractivity contribution is 6.05. The van der Waals surface area contributed by atoms with E-state index in [2.05, 4.69) is 31.0 Å². The van der Waals surface area contributed by atoms with Gasteiger partial charge < -0.3 is 19.9 Å². The molecule has 3 aromatic rings. The number of rotatable bonds is 4. The maximum absolute atomic E-state index is 13.0. The van der Waals surface area contributed by atoms with E-state index in [1.165, 1.54) is 6.42 Å². The highest BCUT2D eigenvalue weighted by atomic mass is 16.3. The highest BCUT2D eigenvalue weighted by Crippen LogP contribution is 2.27.